The maximum Gasteiger partial charge on any atom is 0.289 e. The lowest BCUT2D eigenvalue weighted by Gasteiger charge is -2.36. The SMILES string of the molecule is CC(=O)Nc1nc(C)c(-c2ccc(C(=O)N3CCC(N4CCCC4)CC3)o2)s1. The number of hydrogen-bond donors (Lipinski definition) is 1. The number of hydrogen-bond acceptors (Lipinski definition) is 6. The lowest BCUT2D eigenvalue weighted by molar-refractivity contribution is -0.114. The van der Waals surface area contributed by atoms with E-state index < -0.39 is 0 Å². The van der Waals surface area contributed by atoms with Gasteiger partial charge in [-0.05, 0) is 57.8 Å². The smallest absolute Gasteiger partial charge is 0.289 e. The molecule has 0 atom stereocenters. The van der Waals surface area contributed by atoms with Gasteiger partial charge in [-0.25, -0.2) is 4.98 Å². The van der Waals surface area contributed by atoms with E-state index in [-0.39, 0.29) is 11.8 Å². The summed E-state index contributed by atoms with van der Waals surface area (Å²) >= 11 is 1.35. The summed E-state index contributed by atoms with van der Waals surface area (Å²) in [6.07, 6.45) is 4.67. The molecule has 0 unspecified atom stereocenters. The summed E-state index contributed by atoms with van der Waals surface area (Å²) in [6.45, 7) is 7.28. The Hall–Kier alpha value is -2.19. The van der Waals surface area contributed by atoms with Gasteiger partial charge in [-0.3, -0.25) is 9.59 Å². The predicted octanol–water partition coefficient (Wildman–Crippen LogP) is 3.37. The second-order valence-corrected chi connectivity index (χ2v) is 8.54. The molecule has 2 amide bonds. The van der Waals surface area contributed by atoms with Crippen LogP contribution in [0.2, 0.25) is 0 Å². The molecule has 4 rings (SSSR count). The van der Waals surface area contributed by atoms with Crippen LogP contribution in [-0.2, 0) is 4.79 Å². The summed E-state index contributed by atoms with van der Waals surface area (Å²) in [5.74, 6) is 0.772. The number of rotatable bonds is 4. The highest BCUT2D eigenvalue weighted by atomic mass is 32.1. The molecule has 1 N–H and O–H groups in total. The Kier molecular flexibility index (Phi) is 5.50. The largest absolute Gasteiger partial charge is 0.450 e. The zero-order valence-electron chi connectivity index (χ0n) is 16.4. The average Bonchev–Trinajstić information content (AvgIpc) is 3.42. The van der Waals surface area contributed by atoms with Crippen LogP contribution >= 0.6 is 11.3 Å². The molecule has 2 aromatic rings. The molecular weight excluding hydrogens is 376 g/mol. The molecule has 0 spiro atoms. The summed E-state index contributed by atoms with van der Waals surface area (Å²) in [4.78, 5) is 33.7. The van der Waals surface area contributed by atoms with Gasteiger partial charge < -0.3 is 19.5 Å². The van der Waals surface area contributed by atoms with Crippen molar-refractivity contribution < 1.29 is 14.0 Å². The van der Waals surface area contributed by atoms with Gasteiger partial charge in [0.2, 0.25) is 5.91 Å². The van der Waals surface area contributed by atoms with Crippen molar-refractivity contribution in [3.63, 3.8) is 0 Å². The number of nitrogens with zero attached hydrogens (tertiary/aromatic N) is 3. The van der Waals surface area contributed by atoms with Crippen molar-refractivity contribution in [2.45, 2.75) is 45.6 Å². The number of likely N-dealkylation sites (tertiary alicyclic amines) is 2. The molecule has 0 aliphatic carbocycles. The van der Waals surface area contributed by atoms with Crippen molar-refractivity contribution in [2.75, 3.05) is 31.5 Å². The number of amides is 2. The van der Waals surface area contributed by atoms with Crippen LogP contribution in [-0.4, -0.2) is 58.8 Å². The first-order valence-electron chi connectivity index (χ1n) is 9.90. The molecule has 7 nitrogen and oxygen atoms in total. The van der Waals surface area contributed by atoms with Crippen LogP contribution in [0.1, 0.15) is 48.9 Å². The van der Waals surface area contributed by atoms with Gasteiger partial charge in [0.15, 0.2) is 10.9 Å². The fraction of sp³-hybridized carbons (Fsp3) is 0.550. The highest BCUT2D eigenvalue weighted by Gasteiger charge is 2.30. The Balaban J connectivity index is 1.41. The van der Waals surface area contributed by atoms with Crippen LogP contribution in [0.5, 0.6) is 0 Å². The third-order valence-electron chi connectivity index (χ3n) is 5.53. The van der Waals surface area contributed by atoms with E-state index in [9.17, 15) is 9.59 Å². The topological polar surface area (TPSA) is 78.7 Å². The number of carbonyl (C=O) groups is 2. The van der Waals surface area contributed by atoms with E-state index in [4.69, 9.17) is 4.42 Å². The highest BCUT2D eigenvalue weighted by molar-refractivity contribution is 7.19. The molecule has 2 aliphatic rings. The third kappa shape index (κ3) is 3.98. The molecule has 28 heavy (non-hydrogen) atoms. The first kappa shape index (κ1) is 19.1. The van der Waals surface area contributed by atoms with Gasteiger partial charge in [0.05, 0.1) is 10.6 Å². The van der Waals surface area contributed by atoms with Crippen LogP contribution in [0.3, 0.4) is 0 Å². The minimum atomic E-state index is -0.159. The Labute approximate surface area is 168 Å². The Bertz CT molecular complexity index is 861. The average molecular weight is 403 g/mol. The minimum absolute atomic E-state index is 0.0459. The zero-order valence-corrected chi connectivity index (χ0v) is 17.2. The summed E-state index contributed by atoms with van der Waals surface area (Å²) < 4.78 is 5.87. The lowest BCUT2D eigenvalue weighted by atomic mass is 10.0. The standard InChI is InChI=1S/C20H26N4O3S/c1-13-18(28-20(21-13)22-14(2)25)16-5-6-17(27-16)19(26)24-11-7-15(8-12-24)23-9-3-4-10-23/h5-6,15H,3-4,7-12H2,1-2H3,(H,21,22,25). The Morgan fingerprint density at radius 2 is 1.89 bits per heavy atom. The van der Waals surface area contributed by atoms with Crippen molar-refractivity contribution in [1.82, 2.24) is 14.8 Å². The van der Waals surface area contributed by atoms with Gasteiger partial charge in [-0.1, -0.05) is 11.3 Å². The van der Waals surface area contributed by atoms with Crippen molar-refractivity contribution in [3.05, 3.63) is 23.6 Å². The van der Waals surface area contributed by atoms with Crippen molar-refractivity contribution in [3.8, 4) is 10.6 Å². The zero-order chi connectivity index (χ0) is 19.7. The predicted molar refractivity (Wildman–Crippen MR) is 109 cm³/mol. The number of aryl methyl sites for hydroxylation is 1. The first-order chi connectivity index (χ1) is 13.5. The molecule has 4 heterocycles. The van der Waals surface area contributed by atoms with Gasteiger partial charge in [0, 0.05) is 26.1 Å². The van der Waals surface area contributed by atoms with E-state index in [0.29, 0.717) is 22.7 Å². The van der Waals surface area contributed by atoms with Crippen LogP contribution < -0.4 is 5.32 Å². The van der Waals surface area contributed by atoms with Crippen LogP contribution in [0.15, 0.2) is 16.5 Å². The number of nitrogens with one attached hydrogen (secondary N) is 1. The minimum Gasteiger partial charge on any atom is -0.450 e. The normalized spacial score (nSPS) is 18.6. The summed E-state index contributed by atoms with van der Waals surface area (Å²) in [5.41, 5.74) is 0.772. The molecule has 8 heteroatoms. The van der Waals surface area contributed by atoms with Crippen molar-refractivity contribution in [1.29, 1.82) is 0 Å². The van der Waals surface area contributed by atoms with E-state index in [1.807, 2.05) is 17.9 Å². The molecule has 2 aromatic heterocycles. The maximum absolute atomic E-state index is 12.9. The molecule has 2 aliphatic heterocycles. The second-order valence-electron chi connectivity index (χ2n) is 7.55. The summed E-state index contributed by atoms with van der Waals surface area (Å²) in [7, 11) is 0. The number of anilines is 1. The van der Waals surface area contributed by atoms with Crippen molar-refractivity contribution >= 4 is 28.3 Å². The summed E-state index contributed by atoms with van der Waals surface area (Å²) in [6, 6.07) is 4.16. The van der Waals surface area contributed by atoms with Gasteiger partial charge >= 0.3 is 0 Å². The Morgan fingerprint density at radius 1 is 1.18 bits per heavy atom. The fourth-order valence-corrected chi connectivity index (χ4v) is 5.07. The van der Waals surface area contributed by atoms with Gasteiger partial charge in [-0.2, -0.15) is 0 Å². The third-order valence-corrected chi connectivity index (χ3v) is 6.62. The summed E-state index contributed by atoms with van der Waals surface area (Å²) in [5, 5.41) is 3.23. The van der Waals surface area contributed by atoms with Crippen LogP contribution in [0.4, 0.5) is 5.13 Å². The molecular formula is C20H26N4O3S. The number of piperidine rings is 1. The first-order valence-corrected chi connectivity index (χ1v) is 10.7. The van der Waals surface area contributed by atoms with Crippen LogP contribution in [0, 0.1) is 6.92 Å². The van der Waals surface area contributed by atoms with Crippen LogP contribution in [0.25, 0.3) is 10.6 Å². The van der Waals surface area contributed by atoms with E-state index in [0.717, 1.165) is 36.5 Å². The number of aromatic nitrogens is 1. The molecule has 2 saturated heterocycles. The molecule has 0 bridgehead atoms. The molecule has 2 fully saturated rings. The van der Waals surface area contributed by atoms with Gasteiger partial charge in [-0.15, -0.1) is 0 Å². The maximum atomic E-state index is 12.9. The van der Waals surface area contributed by atoms with Gasteiger partial charge in [0.1, 0.15) is 5.76 Å². The fourth-order valence-electron chi connectivity index (χ4n) is 4.10. The van der Waals surface area contributed by atoms with E-state index in [1.54, 1.807) is 6.07 Å². The molecule has 0 aromatic carbocycles. The number of thiazole rings is 1. The van der Waals surface area contributed by atoms with E-state index >= 15 is 0 Å². The van der Waals surface area contributed by atoms with Crippen molar-refractivity contribution in [2.24, 2.45) is 0 Å². The molecule has 0 saturated carbocycles. The number of furan rings is 1. The quantitative estimate of drug-likeness (QED) is 0.848. The molecule has 0 radical (unpaired) electrons. The second kappa shape index (κ2) is 8.05. The highest BCUT2D eigenvalue weighted by Crippen LogP contribution is 2.34. The Morgan fingerprint density at radius 3 is 2.57 bits per heavy atom. The lowest BCUT2D eigenvalue weighted by Crippen LogP contribution is -2.45. The number of carbonyl (C=O) groups excluding carboxylic acids is 2. The molecule has 150 valence electrons. The van der Waals surface area contributed by atoms with Gasteiger partial charge in [0.25, 0.3) is 5.91 Å². The van der Waals surface area contributed by atoms with E-state index in [2.05, 4.69) is 15.2 Å². The van der Waals surface area contributed by atoms with E-state index in [1.165, 1.54) is 44.2 Å². The monoisotopic (exact) mass is 402 g/mol.